The van der Waals surface area contributed by atoms with Crippen LogP contribution in [-0.4, -0.2) is 0 Å². The van der Waals surface area contributed by atoms with Crippen LogP contribution in [0, 0.1) is 36.5 Å². The lowest BCUT2D eigenvalue weighted by Gasteiger charge is -2.40. The van der Waals surface area contributed by atoms with Crippen molar-refractivity contribution >= 4 is 5.57 Å². The summed E-state index contributed by atoms with van der Waals surface area (Å²) in [6.45, 7) is 4.57. The van der Waals surface area contributed by atoms with Crippen LogP contribution >= 0.6 is 0 Å². The highest BCUT2D eigenvalue weighted by atomic mass is 14.4. The lowest BCUT2D eigenvalue weighted by Crippen LogP contribution is -2.28. The van der Waals surface area contributed by atoms with Crippen LogP contribution in [0.1, 0.15) is 95.1 Å². The molecule has 0 saturated heterocycles. The van der Waals surface area contributed by atoms with Gasteiger partial charge in [0.05, 0.1) is 0 Å². The summed E-state index contributed by atoms with van der Waals surface area (Å²) >= 11 is 0. The largest absolute Gasteiger partial charge is 0.0804 e. The molecule has 1 atom stereocenters. The first-order valence-corrected chi connectivity index (χ1v) is 12.0. The molecule has 0 aliphatic heterocycles. The average Bonchev–Trinajstić information content (AvgIpc) is 2.75. The first-order chi connectivity index (χ1) is 13.2. The Hall–Kier alpha value is -1.04. The second-order valence-corrected chi connectivity index (χ2v) is 9.99. The molecule has 0 bridgehead atoms. The van der Waals surface area contributed by atoms with E-state index in [1.54, 1.807) is 18.4 Å². The van der Waals surface area contributed by atoms with Gasteiger partial charge in [0.15, 0.2) is 0 Å². The molecule has 1 unspecified atom stereocenters. The van der Waals surface area contributed by atoms with E-state index in [1.165, 1.54) is 75.3 Å². The average molecular weight is 365 g/mol. The van der Waals surface area contributed by atoms with Crippen molar-refractivity contribution < 1.29 is 0 Å². The SMILES string of the molecule is CCC1CCC(C2CCC(C3CC=C(c4ccc(C)cc4)CC3)CC2)CC1. The molecule has 2 fully saturated rings. The summed E-state index contributed by atoms with van der Waals surface area (Å²) in [5.41, 5.74) is 4.44. The van der Waals surface area contributed by atoms with Crippen molar-refractivity contribution in [2.75, 3.05) is 0 Å². The molecule has 0 heteroatoms. The fourth-order valence-electron chi connectivity index (χ4n) is 6.47. The molecule has 4 rings (SSSR count). The topological polar surface area (TPSA) is 0 Å². The second kappa shape index (κ2) is 8.97. The van der Waals surface area contributed by atoms with Crippen molar-refractivity contribution in [3.8, 4) is 0 Å². The highest BCUT2D eigenvalue weighted by Gasteiger charge is 2.33. The molecule has 0 amide bonds. The second-order valence-electron chi connectivity index (χ2n) is 9.99. The zero-order valence-corrected chi connectivity index (χ0v) is 17.8. The Balaban J connectivity index is 1.25. The van der Waals surface area contributed by atoms with E-state index >= 15 is 0 Å². The summed E-state index contributed by atoms with van der Waals surface area (Å²) in [5, 5.41) is 0. The number of benzene rings is 1. The summed E-state index contributed by atoms with van der Waals surface area (Å²) in [6, 6.07) is 9.16. The van der Waals surface area contributed by atoms with Crippen LogP contribution in [-0.2, 0) is 0 Å². The first-order valence-electron chi connectivity index (χ1n) is 12.0. The van der Waals surface area contributed by atoms with Gasteiger partial charge in [0.25, 0.3) is 0 Å². The quantitative estimate of drug-likeness (QED) is 0.505. The van der Waals surface area contributed by atoms with E-state index in [4.69, 9.17) is 0 Å². The van der Waals surface area contributed by atoms with Crippen molar-refractivity contribution in [2.45, 2.75) is 90.9 Å². The lowest BCUT2D eigenvalue weighted by atomic mass is 9.65. The number of rotatable bonds is 4. The maximum Gasteiger partial charge on any atom is -0.0228 e. The predicted molar refractivity (Wildman–Crippen MR) is 118 cm³/mol. The van der Waals surface area contributed by atoms with Gasteiger partial charge >= 0.3 is 0 Å². The van der Waals surface area contributed by atoms with E-state index in [0.29, 0.717) is 0 Å². The normalized spacial score (nSPS) is 34.9. The Morgan fingerprint density at radius 3 is 1.78 bits per heavy atom. The fraction of sp³-hybridized carbons (Fsp3) is 0.704. The van der Waals surface area contributed by atoms with Crippen LogP contribution in [0.4, 0.5) is 0 Å². The summed E-state index contributed by atoms with van der Waals surface area (Å²) < 4.78 is 0. The third kappa shape index (κ3) is 4.69. The summed E-state index contributed by atoms with van der Waals surface area (Å²) in [4.78, 5) is 0. The maximum absolute atomic E-state index is 2.58. The van der Waals surface area contributed by atoms with E-state index < -0.39 is 0 Å². The van der Waals surface area contributed by atoms with Crippen molar-refractivity contribution in [3.05, 3.63) is 41.5 Å². The van der Waals surface area contributed by atoms with Gasteiger partial charge in [-0.25, -0.2) is 0 Å². The number of hydrogen-bond donors (Lipinski definition) is 0. The molecular weight excluding hydrogens is 324 g/mol. The van der Waals surface area contributed by atoms with Gasteiger partial charge in [-0.3, -0.25) is 0 Å². The number of allylic oxidation sites excluding steroid dienone is 2. The molecular formula is C27H40. The smallest absolute Gasteiger partial charge is 0.0228 e. The molecule has 0 radical (unpaired) electrons. The molecule has 3 aliphatic carbocycles. The van der Waals surface area contributed by atoms with E-state index in [-0.39, 0.29) is 0 Å². The Morgan fingerprint density at radius 1 is 0.704 bits per heavy atom. The number of aryl methyl sites for hydroxylation is 1. The molecule has 2 saturated carbocycles. The minimum Gasteiger partial charge on any atom is -0.0804 e. The molecule has 148 valence electrons. The van der Waals surface area contributed by atoms with Gasteiger partial charge in [-0.15, -0.1) is 0 Å². The Bertz CT molecular complexity index is 606. The molecule has 27 heavy (non-hydrogen) atoms. The van der Waals surface area contributed by atoms with Gasteiger partial charge in [0.1, 0.15) is 0 Å². The van der Waals surface area contributed by atoms with E-state index in [1.807, 2.05) is 0 Å². The highest BCUT2D eigenvalue weighted by molar-refractivity contribution is 5.66. The number of hydrogen-bond acceptors (Lipinski definition) is 0. The third-order valence-electron chi connectivity index (χ3n) is 8.49. The molecule has 0 nitrogen and oxygen atoms in total. The van der Waals surface area contributed by atoms with Crippen molar-refractivity contribution in [1.82, 2.24) is 0 Å². The van der Waals surface area contributed by atoms with Gasteiger partial charge in [0, 0.05) is 0 Å². The molecule has 1 aromatic rings. The third-order valence-corrected chi connectivity index (χ3v) is 8.49. The van der Waals surface area contributed by atoms with Gasteiger partial charge in [0.2, 0.25) is 0 Å². The Labute approximate surface area is 167 Å². The lowest BCUT2D eigenvalue weighted by molar-refractivity contribution is 0.122. The molecule has 0 heterocycles. The van der Waals surface area contributed by atoms with Crippen LogP contribution in [0.3, 0.4) is 0 Å². The zero-order valence-electron chi connectivity index (χ0n) is 17.8. The van der Waals surface area contributed by atoms with Crippen LogP contribution < -0.4 is 0 Å². The van der Waals surface area contributed by atoms with Crippen molar-refractivity contribution in [1.29, 1.82) is 0 Å². The fourth-order valence-corrected chi connectivity index (χ4v) is 6.47. The molecule has 1 aromatic carbocycles. The van der Waals surface area contributed by atoms with Gasteiger partial charge in [-0.2, -0.15) is 0 Å². The minimum atomic E-state index is 0.968. The molecule has 0 spiro atoms. The van der Waals surface area contributed by atoms with E-state index in [9.17, 15) is 0 Å². The van der Waals surface area contributed by atoms with Crippen molar-refractivity contribution in [3.63, 3.8) is 0 Å². The van der Waals surface area contributed by atoms with E-state index in [0.717, 1.165) is 29.6 Å². The summed E-state index contributed by atoms with van der Waals surface area (Å²) in [5.74, 6) is 5.18. The van der Waals surface area contributed by atoms with Gasteiger partial charge < -0.3 is 0 Å². The first kappa shape index (κ1) is 19.3. The molecule has 3 aliphatic rings. The zero-order chi connectivity index (χ0) is 18.6. The minimum absolute atomic E-state index is 0.968. The van der Waals surface area contributed by atoms with Gasteiger partial charge in [-0.05, 0) is 105 Å². The predicted octanol–water partition coefficient (Wildman–Crippen LogP) is 8.20. The van der Waals surface area contributed by atoms with Crippen LogP contribution in [0.5, 0.6) is 0 Å². The van der Waals surface area contributed by atoms with Gasteiger partial charge in [-0.1, -0.05) is 62.1 Å². The summed E-state index contributed by atoms with van der Waals surface area (Å²) in [7, 11) is 0. The van der Waals surface area contributed by atoms with Crippen LogP contribution in [0.15, 0.2) is 30.3 Å². The molecule has 0 N–H and O–H groups in total. The standard InChI is InChI=1S/C27H40/c1-3-21-6-10-23(11-7-21)25-14-18-27(19-15-25)26-16-12-24(13-17-26)22-8-4-20(2)5-9-22/h4-5,8-9,12,21,23,25-27H,3,6-7,10-11,13-19H2,1-2H3. The van der Waals surface area contributed by atoms with Crippen molar-refractivity contribution in [2.24, 2.45) is 29.6 Å². The molecule has 0 aromatic heterocycles. The van der Waals surface area contributed by atoms with Crippen LogP contribution in [0.25, 0.3) is 5.57 Å². The summed E-state index contributed by atoms with van der Waals surface area (Å²) in [6.07, 6.45) is 20.3. The monoisotopic (exact) mass is 364 g/mol. The van der Waals surface area contributed by atoms with E-state index in [2.05, 4.69) is 44.2 Å². The highest BCUT2D eigenvalue weighted by Crippen LogP contribution is 2.46. The Morgan fingerprint density at radius 2 is 1.26 bits per heavy atom. The Kier molecular flexibility index (Phi) is 6.41. The van der Waals surface area contributed by atoms with Crippen LogP contribution in [0.2, 0.25) is 0 Å². The maximum atomic E-state index is 2.58.